The molecule has 0 aliphatic carbocycles. The van der Waals surface area contributed by atoms with Gasteiger partial charge < -0.3 is 14.4 Å². The monoisotopic (exact) mass is 365 g/mol. The molecule has 0 radical (unpaired) electrons. The van der Waals surface area contributed by atoms with Crippen LogP contribution < -0.4 is 14.4 Å². The molecule has 0 N–H and O–H groups in total. The topological polar surface area (TPSA) is 57.3 Å². The van der Waals surface area contributed by atoms with Gasteiger partial charge in [0.15, 0.2) is 17.3 Å². The Balaban J connectivity index is 1.67. The van der Waals surface area contributed by atoms with E-state index in [9.17, 15) is 0 Å². The molecule has 2 aliphatic rings. The first-order valence-corrected chi connectivity index (χ1v) is 9.36. The fourth-order valence-electron chi connectivity index (χ4n) is 3.97. The number of aromatic nitrogens is 4. The summed E-state index contributed by atoms with van der Waals surface area (Å²) in [6, 6.07) is 4.05. The molecule has 4 heterocycles. The van der Waals surface area contributed by atoms with Crippen LogP contribution in [0.1, 0.15) is 24.1 Å². The van der Waals surface area contributed by atoms with Gasteiger partial charge in [0, 0.05) is 38.1 Å². The lowest BCUT2D eigenvalue weighted by Gasteiger charge is -2.18. The summed E-state index contributed by atoms with van der Waals surface area (Å²) in [6.07, 6.45) is 6.29. The van der Waals surface area contributed by atoms with Crippen LogP contribution in [0.5, 0.6) is 11.5 Å². The molecule has 5 rings (SSSR count). The molecular formula is C20H23N5O2. The van der Waals surface area contributed by atoms with Gasteiger partial charge in [-0.05, 0) is 44.4 Å². The molecular weight excluding hydrogens is 342 g/mol. The first-order chi connectivity index (χ1) is 13.1. The molecule has 27 heavy (non-hydrogen) atoms. The molecule has 3 aromatic rings. The zero-order chi connectivity index (χ0) is 18.5. The second kappa shape index (κ2) is 6.04. The van der Waals surface area contributed by atoms with E-state index in [0.29, 0.717) is 0 Å². The maximum absolute atomic E-state index is 5.59. The molecule has 140 valence electrons. The van der Waals surface area contributed by atoms with Crippen LogP contribution in [-0.4, -0.2) is 39.2 Å². The number of nitrogens with zero attached hydrogens (tertiary/aromatic N) is 5. The maximum Gasteiger partial charge on any atom is 0.231 e. The summed E-state index contributed by atoms with van der Waals surface area (Å²) < 4.78 is 15.2. The minimum absolute atomic E-state index is 0.271. The third kappa shape index (κ3) is 2.49. The largest absolute Gasteiger partial charge is 0.454 e. The zero-order valence-corrected chi connectivity index (χ0v) is 15.9. The van der Waals surface area contributed by atoms with Gasteiger partial charge in [0.25, 0.3) is 0 Å². The van der Waals surface area contributed by atoms with Gasteiger partial charge in [-0.3, -0.25) is 9.25 Å². The number of imidazole rings is 1. The van der Waals surface area contributed by atoms with E-state index in [1.807, 2.05) is 36.3 Å². The normalized spacial score (nSPS) is 15.7. The van der Waals surface area contributed by atoms with Crippen molar-refractivity contribution in [3.63, 3.8) is 0 Å². The van der Waals surface area contributed by atoms with Crippen LogP contribution in [0, 0.1) is 13.8 Å². The SMILES string of the molecule is Cc1cc2c(cc1-c1nccn1-c1c(N3CCCC3)nn(C)c1C)OCO2. The first-order valence-electron chi connectivity index (χ1n) is 9.36. The van der Waals surface area contributed by atoms with Crippen molar-refractivity contribution in [3.8, 4) is 28.6 Å². The lowest BCUT2D eigenvalue weighted by molar-refractivity contribution is 0.174. The average Bonchev–Trinajstić information content (AvgIpc) is 3.42. The van der Waals surface area contributed by atoms with Crippen molar-refractivity contribution in [1.82, 2.24) is 19.3 Å². The molecule has 1 fully saturated rings. The van der Waals surface area contributed by atoms with E-state index >= 15 is 0 Å². The van der Waals surface area contributed by atoms with Gasteiger partial charge in [-0.25, -0.2) is 4.98 Å². The van der Waals surface area contributed by atoms with Gasteiger partial charge >= 0.3 is 0 Å². The first kappa shape index (κ1) is 16.2. The molecule has 1 saturated heterocycles. The summed E-state index contributed by atoms with van der Waals surface area (Å²) in [7, 11) is 2.00. The van der Waals surface area contributed by atoms with E-state index in [4.69, 9.17) is 14.6 Å². The van der Waals surface area contributed by atoms with Crippen LogP contribution >= 0.6 is 0 Å². The second-order valence-corrected chi connectivity index (χ2v) is 7.22. The Labute approximate surface area is 158 Å². The third-order valence-electron chi connectivity index (χ3n) is 5.53. The molecule has 7 heteroatoms. The number of anilines is 1. The third-order valence-corrected chi connectivity index (χ3v) is 5.53. The zero-order valence-electron chi connectivity index (χ0n) is 15.9. The summed E-state index contributed by atoms with van der Waals surface area (Å²) in [5.74, 6) is 3.49. The fourth-order valence-corrected chi connectivity index (χ4v) is 3.97. The molecule has 0 bridgehead atoms. The molecule has 7 nitrogen and oxygen atoms in total. The Kier molecular flexibility index (Phi) is 3.63. The lowest BCUT2D eigenvalue weighted by atomic mass is 10.1. The van der Waals surface area contributed by atoms with Crippen LogP contribution in [0.15, 0.2) is 24.5 Å². The average molecular weight is 365 g/mol. The fraction of sp³-hybridized carbons (Fsp3) is 0.400. The smallest absolute Gasteiger partial charge is 0.231 e. The van der Waals surface area contributed by atoms with Gasteiger partial charge in [0.1, 0.15) is 11.5 Å². The summed E-state index contributed by atoms with van der Waals surface area (Å²) in [6.45, 7) is 6.56. The maximum atomic E-state index is 5.59. The van der Waals surface area contributed by atoms with Crippen molar-refractivity contribution < 1.29 is 9.47 Å². The van der Waals surface area contributed by atoms with Crippen LogP contribution in [0.25, 0.3) is 17.1 Å². The molecule has 0 spiro atoms. The van der Waals surface area contributed by atoms with Crippen molar-refractivity contribution >= 4 is 5.82 Å². The van der Waals surface area contributed by atoms with Crippen LogP contribution in [0.2, 0.25) is 0 Å². The highest BCUT2D eigenvalue weighted by molar-refractivity contribution is 5.71. The molecule has 2 aliphatic heterocycles. The van der Waals surface area contributed by atoms with Crippen molar-refractivity contribution in [2.75, 3.05) is 24.8 Å². The minimum atomic E-state index is 0.271. The highest BCUT2D eigenvalue weighted by Gasteiger charge is 2.26. The number of fused-ring (bicyclic) bond motifs is 1. The summed E-state index contributed by atoms with van der Waals surface area (Å²) in [4.78, 5) is 7.05. The van der Waals surface area contributed by atoms with E-state index in [1.54, 1.807) is 0 Å². The van der Waals surface area contributed by atoms with E-state index < -0.39 is 0 Å². The Morgan fingerprint density at radius 1 is 1.04 bits per heavy atom. The predicted octanol–water partition coefficient (Wildman–Crippen LogP) is 3.22. The Bertz CT molecular complexity index is 1010. The van der Waals surface area contributed by atoms with E-state index in [2.05, 4.69) is 28.3 Å². The van der Waals surface area contributed by atoms with Crippen molar-refractivity contribution in [2.24, 2.45) is 7.05 Å². The molecule has 0 saturated carbocycles. The number of benzene rings is 1. The van der Waals surface area contributed by atoms with Gasteiger partial charge in [-0.15, -0.1) is 0 Å². The second-order valence-electron chi connectivity index (χ2n) is 7.22. The molecule has 0 amide bonds. The Morgan fingerprint density at radius 2 is 1.78 bits per heavy atom. The van der Waals surface area contributed by atoms with Gasteiger partial charge in [0.05, 0.1) is 5.69 Å². The summed E-state index contributed by atoms with van der Waals surface area (Å²) in [5.41, 5.74) is 4.37. The predicted molar refractivity (Wildman–Crippen MR) is 103 cm³/mol. The summed E-state index contributed by atoms with van der Waals surface area (Å²) >= 11 is 0. The highest BCUT2D eigenvalue weighted by atomic mass is 16.7. The van der Waals surface area contributed by atoms with Gasteiger partial charge in [-0.2, -0.15) is 5.10 Å². The van der Waals surface area contributed by atoms with E-state index in [0.717, 1.165) is 58.7 Å². The molecule has 0 atom stereocenters. The Morgan fingerprint density at radius 3 is 2.56 bits per heavy atom. The molecule has 2 aromatic heterocycles. The van der Waals surface area contributed by atoms with E-state index in [-0.39, 0.29) is 6.79 Å². The standard InChI is InChI=1S/C20H23N5O2/c1-13-10-16-17(27-12-26-16)11-15(13)19-21-6-9-25(19)18-14(2)23(3)22-20(18)24-7-4-5-8-24/h6,9-11H,4-5,7-8,12H2,1-3H3. The number of hydrogen-bond donors (Lipinski definition) is 0. The van der Waals surface area contributed by atoms with E-state index in [1.165, 1.54) is 12.8 Å². The molecule has 0 unspecified atom stereocenters. The number of aryl methyl sites for hydroxylation is 2. The minimum Gasteiger partial charge on any atom is -0.454 e. The summed E-state index contributed by atoms with van der Waals surface area (Å²) in [5, 5.41) is 4.81. The van der Waals surface area contributed by atoms with Gasteiger partial charge in [0.2, 0.25) is 6.79 Å². The van der Waals surface area contributed by atoms with Crippen molar-refractivity contribution in [2.45, 2.75) is 26.7 Å². The lowest BCUT2D eigenvalue weighted by Crippen LogP contribution is -2.20. The van der Waals surface area contributed by atoms with Crippen molar-refractivity contribution in [3.05, 3.63) is 35.8 Å². The van der Waals surface area contributed by atoms with Crippen LogP contribution in [-0.2, 0) is 7.05 Å². The quantitative estimate of drug-likeness (QED) is 0.713. The Hall–Kier alpha value is -2.96. The number of hydrogen-bond acceptors (Lipinski definition) is 5. The van der Waals surface area contributed by atoms with Crippen LogP contribution in [0.4, 0.5) is 5.82 Å². The number of ether oxygens (including phenoxy) is 2. The number of rotatable bonds is 3. The molecule has 1 aromatic carbocycles. The van der Waals surface area contributed by atoms with Crippen LogP contribution in [0.3, 0.4) is 0 Å². The highest BCUT2D eigenvalue weighted by Crippen LogP contribution is 2.39. The van der Waals surface area contributed by atoms with Gasteiger partial charge in [-0.1, -0.05) is 0 Å². The van der Waals surface area contributed by atoms with Crippen molar-refractivity contribution in [1.29, 1.82) is 0 Å².